The minimum Gasteiger partial charge on any atom is -0.481 e. The molecule has 0 unspecified atom stereocenters. The number of ether oxygens (including phenoxy) is 1. The number of nitrogens with zero attached hydrogens (tertiary/aromatic N) is 1. The molecule has 0 radical (unpaired) electrons. The van der Waals surface area contributed by atoms with Crippen LogP contribution in [-0.4, -0.2) is 129 Å². The van der Waals surface area contributed by atoms with E-state index < -0.39 is 5.97 Å². The van der Waals surface area contributed by atoms with Crippen LogP contribution >= 0.6 is 36.6 Å². The molecule has 0 heterocycles. The maximum absolute atomic E-state index is 9.70. The van der Waals surface area contributed by atoms with Crippen molar-refractivity contribution in [1.82, 2.24) is 10.2 Å². The fourth-order valence-corrected chi connectivity index (χ4v) is 2.11. The van der Waals surface area contributed by atoms with Crippen molar-refractivity contribution in [3.05, 3.63) is 130 Å². The molecule has 0 aliphatic carbocycles. The molecule has 13 heteroatoms. The van der Waals surface area contributed by atoms with Gasteiger partial charge in [0.05, 0.1) is 5.92 Å². The Balaban J connectivity index is -0.0000000407. The molecule has 94 heavy (non-hydrogen) atoms. The molecule has 10 nitrogen and oxygen atoms in total. The highest BCUT2D eigenvalue weighted by molar-refractivity contribution is 7.97. The van der Waals surface area contributed by atoms with E-state index in [2.05, 4.69) is 216 Å². The normalized spacial score (nSPS) is 7.99. The van der Waals surface area contributed by atoms with Crippen LogP contribution in [0.1, 0.15) is 247 Å². The Kier molecular flexibility index (Phi) is 195. The molecule has 0 atom stereocenters. The lowest BCUT2D eigenvalue weighted by atomic mass is 10.1. The molecule has 0 aliphatic rings. The molecule has 0 spiro atoms. The van der Waals surface area contributed by atoms with Gasteiger partial charge in [0.1, 0.15) is 5.78 Å². The van der Waals surface area contributed by atoms with Gasteiger partial charge in [-0.1, -0.05) is 242 Å². The van der Waals surface area contributed by atoms with Gasteiger partial charge in [-0.15, -0.1) is 18.4 Å². The monoisotopic (exact) mass is 1390 g/mol. The quantitative estimate of drug-likeness (QED) is 0.0429. The number of rotatable bonds is 2. The van der Waals surface area contributed by atoms with Gasteiger partial charge in [0.25, 0.3) is 0 Å². The zero-order valence-electron chi connectivity index (χ0n) is 70.7. The van der Waals surface area contributed by atoms with Crippen LogP contribution in [0.25, 0.3) is 0 Å². The van der Waals surface area contributed by atoms with E-state index in [1.165, 1.54) is 65.6 Å². The Bertz CT molecular complexity index is 1700. The van der Waals surface area contributed by atoms with Crippen molar-refractivity contribution < 1.29 is 29.6 Å². The lowest BCUT2D eigenvalue weighted by molar-refractivity contribution is -0.140. The van der Waals surface area contributed by atoms with Crippen molar-refractivity contribution in [2.75, 3.05) is 68.6 Å². The molecule has 0 bridgehead atoms. The molecule has 0 aromatic heterocycles. The third-order valence-corrected chi connectivity index (χ3v) is 5.26. The number of carbonyl (C=O) groups is 2. The Hall–Kier alpha value is -3.94. The summed E-state index contributed by atoms with van der Waals surface area (Å²) in [6, 6.07) is 25.6. The molecule has 3 aromatic carbocycles. The number of thiol groups is 1. The Labute approximate surface area is 607 Å². The van der Waals surface area contributed by atoms with Crippen molar-refractivity contribution in [2.24, 2.45) is 23.5 Å². The first-order chi connectivity index (χ1) is 42.8. The number of carboxylic acids is 1. The van der Waals surface area contributed by atoms with Gasteiger partial charge in [-0.2, -0.15) is 24.4 Å². The molecule has 3 rings (SSSR count). The third-order valence-electron chi connectivity index (χ3n) is 5.26. The second-order valence-corrected chi connectivity index (χ2v) is 26.6. The maximum Gasteiger partial charge on any atom is 0.305 e. The number of thioether (sulfide) groups is 1. The number of aliphatic hydroxyl groups excluding tert-OH is 2. The smallest absolute Gasteiger partial charge is 0.305 e. The van der Waals surface area contributed by atoms with Crippen LogP contribution in [0.15, 0.2) is 97.1 Å². The molecule has 7 N–H and O–H groups in total. The summed E-state index contributed by atoms with van der Waals surface area (Å²) in [4.78, 5) is 22.1. The summed E-state index contributed by atoms with van der Waals surface area (Å²) in [5.74, 6) is 5.83. The number of thiocarbonyl (C=S) groups is 1. The average molecular weight is 1390 g/mol. The SMILES string of the molecule is C=C(C)C.CC#CC.CC(C)=N.CC(C)=O.CC(C)=S.CC(C)C.CC(C)C(=O)O.CC(C)CO.CC(C)N.CC(C)O.CC(C)S.CC=CC.CCC.CCC.CN(C)C.CNC.COC.CSC.Cc1ccc(C)cc1.Cc1cccc(C)c1.Cc1ccccc1C. The zero-order valence-corrected chi connectivity index (χ0v) is 73.3. The number of aryl methyl sites for hydroxylation is 6. The summed E-state index contributed by atoms with van der Waals surface area (Å²) in [5.41, 5.74) is 15.0. The van der Waals surface area contributed by atoms with Crippen LogP contribution in [0.5, 0.6) is 0 Å². The fourth-order valence-electron chi connectivity index (χ4n) is 2.11. The largest absolute Gasteiger partial charge is 0.481 e. The van der Waals surface area contributed by atoms with Crippen LogP contribution in [0.3, 0.4) is 0 Å². The number of nitrogens with one attached hydrogen (secondary N) is 2. The number of benzene rings is 3. The number of methoxy groups -OCH3 is 1. The van der Waals surface area contributed by atoms with Gasteiger partial charge in [-0.3, -0.25) is 4.79 Å². The first kappa shape index (κ1) is 138. The minimum absolute atomic E-state index is 0.167. The van der Waals surface area contributed by atoms with Crippen LogP contribution in [0.2, 0.25) is 0 Å². The summed E-state index contributed by atoms with van der Waals surface area (Å²) in [6.45, 7) is 72.1. The number of ketones is 1. The molecular formula is C81H168N4O6S3. The van der Waals surface area contributed by atoms with E-state index in [0.717, 1.165) is 10.8 Å². The number of aliphatic carboxylic acids is 1. The predicted molar refractivity (Wildman–Crippen MR) is 452 cm³/mol. The number of allylic oxidation sites excluding steroid dienone is 3. The molecule has 0 saturated heterocycles. The summed E-state index contributed by atoms with van der Waals surface area (Å²) in [7, 11) is 13.0. The van der Waals surface area contributed by atoms with Gasteiger partial charge in [0.2, 0.25) is 0 Å². The summed E-state index contributed by atoms with van der Waals surface area (Å²) >= 11 is 10.3. The standard InChI is InChI=1S/3C8H10.C4H8O2.C4H10O.C4H10.2C4H8.C4H6.2C3H9N.C3H7N.C3H8O.C3H6O.C3H8S.C3H6S.2C3H8.C2H7N.C2H6O.C2H6S/c1-7-3-5-8(2)6-4-7;1-7-4-3-5-8(2)6-7;1-7-5-3-4-6-8(7)2;1-3(2)4(5)6;1-4(2)3-5;2*1-4(2)3;2*1-3-4-2;1-4(2)3;6*1-3(2)4;5*1-3-2/h3*3-6H,1-2H3;3H,1-2H3,(H,5,6);4-5H,3H2,1-2H3;4H,1-3H3;1H2,2-3H3;3-4H,1-2H3;1-2H3;1-3H3;3H,4H2,1-2H3;4H,1-2H3;3-4H,1-2H3;1-2H3;3-4H,1-2H3;1-2H3;2*3H2,1-2H3;3H,1-2H3;2*1-2H3. The first-order valence-corrected chi connectivity index (χ1v) is 35.4. The van der Waals surface area contributed by atoms with Gasteiger partial charge in [-0.25, -0.2) is 0 Å². The van der Waals surface area contributed by atoms with Gasteiger partial charge < -0.3 is 46.2 Å². The molecular weight excluding hydrogens is 1220 g/mol. The van der Waals surface area contributed by atoms with E-state index in [0.29, 0.717) is 29.5 Å². The van der Waals surface area contributed by atoms with Crippen molar-refractivity contribution in [3.63, 3.8) is 0 Å². The van der Waals surface area contributed by atoms with E-state index in [1.54, 1.807) is 67.5 Å². The maximum atomic E-state index is 9.70. The molecule has 0 amide bonds. The Morgan fingerprint density at radius 3 is 0.862 bits per heavy atom. The average Bonchev–Trinajstić information content (AvgIpc) is 3.45. The lowest BCUT2D eigenvalue weighted by Gasteiger charge is -1.93. The van der Waals surface area contributed by atoms with E-state index in [1.807, 2.05) is 162 Å². The zero-order chi connectivity index (χ0) is 79.9. The van der Waals surface area contributed by atoms with E-state index >= 15 is 0 Å². The van der Waals surface area contributed by atoms with Crippen LogP contribution in [0.4, 0.5) is 0 Å². The minimum atomic E-state index is -0.741. The number of carboxylic acid groups (broad SMARTS) is 1. The van der Waals surface area contributed by atoms with Gasteiger partial charge in [-0.05, 0) is 225 Å². The Morgan fingerprint density at radius 1 is 0.660 bits per heavy atom. The second kappa shape index (κ2) is 133. The van der Waals surface area contributed by atoms with Gasteiger partial charge >= 0.3 is 5.97 Å². The second-order valence-electron chi connectivity index (χ2n) is 23.9. The number of aliphatic hydroxyl groups is 2. The first-order valence-electron chi connectivity index (χ1n) is 32.8. The van der Waals surface area contributed by atoms with Crippen molar-refractivity contribution in [1.29, 1.82) is 5.41 Å². The number of carbonyl (C=O) groups excluding carboxylic acids is 1. The molecule has 0 saturated carbocycles. The molecule has 0 fully saturated rings. The number of hydrogen-bond acceptors (Lipinski definition) is 12. The van der Waals surface area contributed by atoms with Crippen LogP contribution < -0.4 is 11.1 Å². The summed E-state index contributed by atoms with van der Waals surface area (Å²) < 4.78 is 4.25. The van der Waals surface area contributed by atoms with E-state index in [9.17, 15) is 9.59 Å². The predicted octanol–water partition coefficient (Wildman–Crippen LogP) is 23.3. The molecule has 3 aromatic rings. The van der Waals surface area contributed by atoms with E-state index in [-0.39, 0.29) is 17.8 Å². The van der Waals surface area contributed by atoms with Crippen LogP contribution in [0, 0.1) is 76.5 Å². The van der Waals surface area contributed by atoms with E-state index in [4.69, 9.17) is 26.5 Å². The summed E-state index contributed by atoms with van der Waals surface area (Å²) in [5, 5.41) is 34.0. The van der Waals surface area contributed by atoms with Crippen molar-refractivity contribution in [3.8, 4) is 11.8 Å². The highest BCUT2D eigenvalue weighted by Gasteiger charge is 1.99. The topological polar surface area (TPSA) is 169 Å². The molecule has 0 aliphatic heterocycles. The molecule has 566 valence electrons. The number of hydrogen-bond donors (Lipinski definition) is 7. The van der Waals surface area contributed by atoms with Crippen molar-refractivity contribution in [2.45, 2.75) is 273 Å². The van der Waals surface area contributed by atoms with Crippen molar-refractivity contribution >= 4 is 58.9 Å². The number of nitrogens with two attached hydrogens (primary N) is 1. The fraction of sp³-hybridized carbons (Fsp3) is 0.654. The van der Waals surface area contributed by atoms with Crippen LogP contribution in [-0.2, 0) is 14.3 Å². The highest BCUT2D eigenvalue weighted by Crippen LogP contribution is 2.03. The number of Topliss-reactive ketones (excluding diaryl/α,β-unsaturated/α-hetero) is 1. The highest BCUT2D eigenvalue weighted by atomic mass is 32.2. The van der Waals surface area contributed by atoms with Gasteiger partial charge in [0, 0.05) is 32.6 Å². The lowest BCUT2D eigenvalue weighted by Crippen LogP contribution is -2.06. The third kappa shape index (κ3) is 543. The summed E-state index contributed by atoms with van der Waals surface area (Å²) in [6.07, 6.45) is 10.4. The Morgan fingerprint density at radius 2 is 0.798 bits per heavy atom. The van der Waals surface area contributed by atoms with Gasteiger partial charge in [0.15, 0.2) is 0 Å².